The molecule has 0 atom stereocenters. The number of rotatable bonds is 0. The van der Waals surface area contributed by atoms with Crippen molar-refractivity contribution in [2.75, 3.05) is 18.5 Å². The number of fused-ring (bicyclic) bond motifs is 5. The van der Waals surface area contributed by atoms with Crippen LogP contribution < -0.4 is 10.5 Å². The number of benzene rings is 2. The smallest absolute Gasteiger partial charge is 0.310 e. The van der Waals surface area contributed by atoms with E-state index in [1.165, 1.54) is 33.2 Å². The number of pyridine rings is 1. The van der Waals surface area contributed by atoms with Gasteiger partial charge in [-0.2, -0.15) is 0 Å². The molecule has 0 spiro atoms. The fourth-order valence-corrected chi connectivity index (χ4v) is 5.16. The van der Waals surface area contributed by atoms with Gasteiger partial charge in [-0.05, 0) is 47.6 Å². The standard InChI is InChI=1S/C23H20N2O3/c1-12-3-4-13-7-16-17(22-21(13)15(12)5-6-24(22)2)10-25-19(16)8-14-9-20(26)28-11-18(14)23(25)27/h3-4,7-8H,5-6,9-11H2,1-2H3. The van der Waals surface area contributed by atoms with Crippen molar-refractivity contribution in [2.45, 2.75) is 32.9 Å². The SMILES string of the molecule is Cc1ccc2cc3c(c4c2c1CCN4C)Cn1c-3cc2c(c1=O)COC(=O)C2. The normalized spacial score (nSPS) is 16.6. The zero-order chi connectivity index (χ0) is 19.2. The van der Waals surface area contributed by atoms with E-state index in [2.05, 4.69) is 37.1 Å². The molecule has 28 heavy (non-hydrogen) atoms. The van der Waals surface area contributed by atoms with Gasteiger partial charge in [-0.15, -0.1) is 0 Å². The lowest BCUT2D eigenvalue weighted by Gasteiger charge is -2.31. The highest BCUT2D eigenvalue weighted by atomic mass is 16.5. The highest BCUT2D eigenvalue weighted by Crippen LogP contribution is 2.45. The van der Waals surface area contributed by atoms with Crippen LogP contribution in [0, 0.1) is 6.92 Å². The van der Waals surface area contributed by atoms with E-state index in [0.717, 1.165) is 29.8 Å². The number of esters is 1. The Labute approximate surface area is 162 Å². The van der Waals surface area contributed by atoms with E-state index in [-0.39, 0.29) is 24.6 Å². The Morgan fingerprint density at radius 3 is 2.79 bits per heavy atom. The Morgan fingerprint density at radius 2 is 1.93 bits per heavy atom. The molecule has 0 radical (unpaired) electrons. The molecule has 0 saturated heterocycles. The molecule has 2 aromatic carbocycles. The molecule has 4 heterocycles. The van der Waals surface area contributed by atoms with Crippen LogP contribution in [0.2, 0.25) is 0 Å². The van der Waals surface area contributed by atoms with Gasteiger partial charge >= 0.3 is 5.97 Å². The third kappa shape index (κ3) is 1.91. The maximum atomic E-state index is 13.1. The molecule has 5 heteroatoms. The van der Waals surface area contributed by atoms with E-state index in [1.54, 1.807) is 0 Å². The summed E-state index contributed by atoms with van der Waals surface area (Å²) in [7, 11) is 2.14. The lowest BCUT2D eigenvalue weighted by molar-refractivity contribution is -0.145. The van der Waals surface area contributed by atoms with Gasteiger partial charge < -0.3 is 14.2 Å². The Balaban J connectivity index is 1.69. The van der Waals surface area contributed by atoms with Crippen LogP contribution in [0.15, 0.2) is 29.1 Å². The fraction of sp³-hybridized carbons (Fsp3) is 0.304. The van der Waals surface area contributed by atoms with Crippen LogP contribution in [-0.2, 0) is 35.5 Å². The lowest BCUT2D eigenvalue weighted by Crippen LogP contribution is -2.30. The van der Waals surface area contributed by atoms with Gasteiger partial charge in [-0.3, -0.25) is 9.59 Å². The van der Waals surface area contributed by atoms with Crippen LogP contribution in [0.25, 0.3) is 22.0 Å². The van der Waals surface area contributed by atoms with Gasteiger partial charge in [-0.25, -0.2) is 0 Å². The van der Waals surface area contributed by atoms with E-state index < -0.39 is 0 Å². The monoisotopic (exact) mass is 372 g/mol. The van der Waals surface area contributed by atoms with Crippen LogP contribution in [0.4, 0.5) is 5.69 Å². The van der Waals surface area contributed by atoms with Crippen LogP contribution in [-0.4, -0.2) is 24.1 Å². The van der Waals surface area contributed by atoms with Crippen molar-refractivity contribution in [1.82, 2.24) is 4.57 Å². The van der Waals surface area contributed by atoms with Crippen LogP contribution in [0.1, 0.15) is 27.8 Å². The van der Waals surface area contributed by atoms with Crippen molar-refractivity contribution >= 4 is 22.4 Å². The molecule has 3 aromatic rings. The van der Waals surface area contributed by atoms with Crippen molar-refractivity contribution in [3.63, 3.8) is 0 Å². The first-order valence-electron chi connectivity index (χ1n) is 9.73. The number of aryl methyl sites for hydroxylation is 1. The highest BCUT2D eigenvalue weighted by Gasteiger charge is 2.31. The molecule has 3 aliphatic rings. The molecule has 140 valence electrons. The summed E-state index contributed by atoms with van der Waals surface area (Å²) in [5, 5.41) is 2.55. The first-order valence-corrected chi connectivity index (χ1v) is 9.73. The molecule has 5 nitrogen and oxygen atoms in total. The molecule has 0 bridgehead atoms. The predicted molar refractivity (Wildman–Crippen MR) is 108 cm³/mol. The average molecular weight is 372 g/mol. The van der Waals surface area contributed by atoms with Gasteiger partial charge in [0.2, 0.25) is 0 Å². The molecule has 0 fully saturated rings. The van der Waals surface area contributed by atoms with Crippen molar-refractivity contribution in [3.05, 3.63) is 62.4 Å². The second kappa shape index (κ2) is 5.25. The number of nitrogens with zero attached hydrogens (tertiary/aromatic N) is 2. The zero-order valence-corrected chi connectivity index (χ0v) is 16.0. The van der Waals surface area contributed by atoms with Crippen LogP contribution in [0.5, 0.6) is 0 Å². The minimum absolute atomic E-state index is 0.0256. The molecule has 0 amide bonds. The highest BCUT2D eigenvalue weighted by molar-refractivity contribution is 6.04. The molecule has 1 aromatic heterocycles. The summed E-state index contributed by atoms with van der Waals surface area (Å²) in [6.45, 7) is 3.82. The zero-order valence-electron chi connectivity index (χ0n) is 16.0. The minimum Gasteiger partial charge on any atom is -0.460 e. The molecule has 0 aliphatic carbocycles. The molecule has 0 unspecified atom stereocenters. The number of ether oxygens (including phenoxy) is 1. The number of carbonyl (C=O) groups excluding carboxylic acids is 1. The molecule has 0 N–H and O–H groups in total. The third-order valence-electron chi connectivity index (χ3n) is 6.60. The van der Waals surface area contributed by atoms with Crippen molar-refractivity contribution < 1.29 is 9.53 Å². The summed E-state index contributed by atoms with van der Waals surface area (Å²) in [6, 6.07) is 8.64. The number of likely N-dealkylation sites (N-methyl/N-ethyl adjacent to an activating group) is 1. The fourth-order valence-electron chi connectivity index (χ4n) is 5.16. The number of carbonyl (C=O) groups is 1. The average Bonchev–Trinajstić information content (AvgIpc) is 3.04. The maximum absolute atomic E-state index is 13.1. The Bertz CT molecular complexity index is 1290. The van der Waals surface area contributed by atoms with E-state index in [9.17, 15) is 9.59 Å². The molecule has 6 rings (SSSR count). The topological polar surface area (TPSA) is 51.5 Å². The van der Waals surface area contributed by atoms with Crippen molar-refractivity contribution in [2.24, 2.45) is 0 Å². The van der Waals surface area contributed by atoms with E-state index in [0.29, 0.717) is 12.1 Å². The Kier molecular flexibility index (Phi) is 2.99. The van der Waals surface area contributed by atoms with Crippen LogP contribution in [0.3, 0.4) is 0 Å². The third-order valence-corrected chi connectivity index (χ3v) is 6.60. The predicted octanol–water partition coefficient (Wildman–Crippen LogP) is 2.93. The number of aromatic nitrogens is 1. The van der Waals surface area contributed by atoms with Crippen LogP contribution >= 0.6 is 0 Å². The lowest BCUT2D eigenvalue weighted by atomic mass is 9.88. The summed E-state index contributed by atoms with van der Waals surface area (Å²) in [5.74, 6) is -0.261. The van der Waals surface area contributed by atoms with Gasteiger partial charge in [0.25, 0.3) is 5.56 Å². The molecule has 3 aliphatic heterocycles. The molecule has 0 saturated carbocycles. The first-order chi connectivity index (χ1) is 13.5. The summed E-state index contributed by atoms with van der Waals surface area (Å²) < 4.78 is 6.98. The van der Waals surface area contributed by atoms with Gasteiger partial charge in [0.15, 0.2) is 0 Å². The maximum Gasteiger partial charge on any atom is 0.310 e. The summed E-state index contributed by atoms with van der Waals surface area (Å²) in [4.78, 5) is 27.2. The quantitative estimate of drug-likeness (QED) is 0.446. The summed E-state index contributed by atoms with van der Waals surface area (Å²) in [5.41, 5.74) is 8.68. The minimum atomic E-state index is -0.261. The number of anilines is 1. The van der Waals surface area contributed by atoms with Gasteiger partial charge in [0.05, 0.1) is 29.9 Å². The number of hydrogen-bond donors (Lipinski definition) is 0. The molecular formula is C23H20N2O3. The van der Waals surface area contributed by atoms with Crippen molar-refractivity contribution in [1.29, 1.82) is 0 Å². The van der Waals surface area contributed by atoms with E-state index in [4.69, 9.17) is 4.74 Å². The second-order valence-corrected chi connectivity index (χ2v) is 8.14. The van der Waals surface area contributed by atoms with E-state index >= 15 is 0 Å². The van der Waals surface area contributed by atoms with Gasteiger partial charge in [0.1, 0.15) is 6.61 Å². The first kappa shape index (κ1) is 15.9. The van der Waals surface area contributed by atoms with Crippen molar-refractivity contribution in [3.8, 4) is 11.3 Å². The Hall–Kier alpha value is -3.08. The second-order valence-electron chi connectivity index (χ2n) is 8.14. The molecular weight excluding hydrogens is 352 g/mol. The number of hydrogen-bond acceptors (Lipinski definition) is 4. The number of cyclic esters (lactones) is 1. The van der Waals surface area contributed by atoms with E-state index in [1.807, 2.05) is 10.6 Å². The largest absolute Gasteiger partial charge is 0.460 e. The summed E-state index contributed by atoms with van der Waals surface area (Å²) in [6.07, 6.45) is 1.23. The van der Waals surface area contributed by atoms with Gasteiger partial charge in [-0.1, -0.05) is 12.1 Å². The van der Waals surface area contributed by atoms with Gasteiger partial charge in [0, 0.05) is 30.1 Å². The Morgan fingerprint density at radius 1 is 1.07 bits per heavy atom. The summed E-state index contributed by atoms with van der Waals surface area (Å²) >= 11 is 0.